The van der Waals surface area contributed by atoms with Crippen LogP contribution in [0.15, 0.2) is 0 Å². The molecule has 0 amide bonds. The van der Waals surface area contributed by atoms with Crippen molar-refractivity contribution in [1.82, 2.24) is 0 Å². The fourth-order valence-electron chi connectivity index (χ4n) is 2.80. The molecule has 1 fully saturated rings. The molecule has 1 saturated carbocycles. The number of hydrogen-bond donors (Lipinski definition) is 1. The van der Waals surface area contributed by atoms with Crippen LogP contribution in [0, 0.1) is 23.7 Å². The minimum atomic E-state index is -1.68. The Bertz CT molecular complexity index is 228. The summed E-state index contributed by atoms with van der Waals surface area (Å²) >= 11 is 0. The molecule has 0 radical (unpaired) electrons. The van der Waals surface area contributed by atoms with Gasteiger partial charge in [0.2, 0.25) is 0 Å². The normalized spacial score (nSPS) is 34.1. The highest BCUT2D eigenvalue weighted by Gasteiger charge is 2.39. The summed E-state index contributed by atoms with van der Waals surface area (Å²) in [5, 5.41) is 8.75. The van der Waals surface area contributed by atoms with Crippen molar-refractivity contribution in [3.63, 3.8) is 0 Å². The van der Waals surface area contributed by atoms with Crippen LogP contribution in [-0.4, -0.2) is 17.2 Å². The number of alkyl halides is 1. The van der Waals surface area contributed by atoms with Crippen molar-refractivity contribution in [3.05, 3.63) is 0 Å². The Hall–Kier alpha value is -0.600. The van der Waals surface area contributed by atoms with Crippen LogP contribution in [-0.2, 0) is 4.79 Å². The lowest BCUT2D eigenvalue weighted by atomic mass is 9.68. The van der Waals surface area contributed by atoms with Gasteiger partial charge < -0.3 is 5.11 Å². The second-order valence-electron chi connectivity index (χ2n) is 5.23. The van der Waals surface area contributed by atoms with Gasteiger partial charge in [-0.2, -0.15) is 0 Å². The maximum atomic E-state index is 13.6. The zero-order valence-corrected chi connectivity index (χ0v) is 9.74. The first-order valence-corrected chi connectivity index (χ1v) is 5.80. The molecule has 0 aliphatic heterocycles. The maximum absolute atomic E-state index is 13.6. The minimum Gasteiger partial charge on any atom is -0.479 e. The van der Waals surface area contributed by atoms with Crippen molar-refractivity contribution in [1.29, 1.82) is 0 Å². The van der Waals surface area contributed by atoms with Crippen molar-refractivity contribution in [2.45, 2.75) is 46.2 Å². The monoisotopic (exact) mass is 216 g/mol. The Morgan fingerprint density at radius 1 is 1.33 bits per heavy atom. The van der Waals surface area contributed by atoms with Gasteiger partial charge in [-0.1, -0.05) is 27.2 Å². The highest BCUT2D eigenvalue weighted by molar-refractivity contribution is 5.72. The van der Waals surface area contributed by atoms with Gasteiger partial charge in [0.05, 0.1) is 0 Å². The number of carboxylic acid groups (broad SMARTS) is 1. The van der Waals surface area contributed by atoms with Gasteiger partial charge in [-0.05, 0) is 30.6 Å². The first-order chi connectivity index (χ1) is 6.93. The summed E-state index contributed by atoms with van der Waals surface area (Å²) in [5.74, 6) is -0.513. The van der Waals surface area contributed by atoms with Gasteiger partial charge in [0.25, 0.3) is 0 Å². The highest BCUT2D eigenvalue weighted by atomic mass is 19.1. The molecule has 0 aromatic carbocycles. The van der Waals surface area contributed by atoms with Crippen molar-refractivity contribution in [2.75, 3.05) is 0 Å². The van der Waals surface area contributed by atoms with Crippen molar-refractivity contribution < 1.29 is 14.3 Å². The van der Waals surface area contributed by atoms with E-state index in [2.05, 4.69) is 20.8 Å². The zero-order chi connectivity index (χ0) is 11.6. The van der Waals surface area contributed by atoms with Crippen LogP contribution in [0.5, 0.6) is 0 Å². The molecule has 1 aliphatic carbocycles. The summed E-state index contributed by atoms with van der Waals surface area (Å²) in [7, 11) is 0. The first-order valence-electron chi connectivity index (χ1n) is 5.80. The minimum absolute atomic E-state index is 0.229. The molecule has 0 aromatic heterocycles. The maximum Gasteiger partial charge on any atom is 0.338 e. The Kier molecular flexibility index (Phi) is 4.12. The Balaban J connectivity index is 2.74. The van der Waals surface area contributed by atoms with Gasteiger partial charge in [0, 0.05) is 5.92 Å². The predicted octanol–water partition coefficient (Wildman–Crippen LogP) is 3.12. The smallest absolute Gasteiger partial charge is 0.338 e. The van der Waals surface area contributed by atoms with Crippen LogP contribution in [0.2, 0.25) is 0 Å². The lowest BCUT2D eigenvalue weighted by Crippen LogP contribution is -2.37. The van der Waals surface area contributed by atoms with Crippen molar-refractivity contribution in [3.8, 4) is 0 Å². The van der Waals surface area contributed by atoms with Gasteiger partial charge in [-0.25, -0.2) is 9.18 Å². The van der Waals surface area contributed by atoms with Gasteiger partial charge >= 0.3 is 5.97 Å². The number of hydrogen-bond acceptors (Lipinski definition) is 1. The summed E-state index contributed by atoms with van der Waals surface area (Å²) in [6.07, 6.45) is 1.11. The molecule has 0 heterocycles. The molecule has 15 heavy (non-hydrogen) atoms. The Labute approximate surface area is 90.9 Å². The Morgan fingerprint density at radius 3 is 2.40 bits per heavy atom. The van der Waals surface area contributed by atoms with E-state index in [-0.39, 0.29) is 11.8 Å². The molecular weight excluding hydrogens is 195 g/mol. The fraction of sp³-hybridized carbons (Fsp3) is 0.917. The number of aliphatic carboxylic acids is 1. The molecule has 1 aliphatic rings. The summed E-state index contributed by atoms with van der Waals surface area (Å²) in [4.78, 5) is 10.7. The summed E-state index contributed by atoms with van der Waals surface area (Å²) < 4.78 is 13.6. The van der Waals surface area contributed by atoms with Crippen molar-refractivity contribution >= 4 is 5.97 Å². The molecule has 1 rings (SSSR count). The van der Waals surface area contributed by atoms with Crippen LogP contribution in [0.3, 0.4) is 0 Å². The molecule has 1 N–H and O–H groups in total. The predicted molar refractivity (Wildman–Crippen MR) is 57.4 cm³/mol. The summed E-state index contributed by atoms with van der Waals surface area (Å²) in [5.41, 5.74) is 0. The van der Waals surface area contributed by atoms with E-state index in [1.807, 2.05) is 0 Å². The van der Waals surface area contributed by atoms with Crippen LogP contribution < -0.4 is 0 Å². The molecule has 0 aromatic rings. The molecule has 3 heteroatoms. The van der Waals surface area contributed by atoms with Crippen LogP contribution in [0.25, 0.3) is 0 Å². The second-order valence-corrected chi connectivity index (χ2v) is 5.23. The highest BCUT2D eigenvalue weighted by Crippen LogP contribution is 2.40. The lowest BCUT2D eigenvalue weighted by Gasteiger charge is -2.37. The number of halogens is 1. The second kappa shape index (κ2) is 4.95. The number of carbonyl (C=O) groups is 1. The van der Waals surface area contributed by atoms with E-state index in [9.17, 15) is 9.18 Å². The third kappa shape index (κ3) is 2.93. The molecule has 88 valence electrons. The SMILES string of the molecule is CC1CCC(C(C)C)C(C(F)C(=O)O)C1. The molecule has 4 unspecified atom stereocenters. The average molecular weight is 216 g/mol. The molecular formula is C12H21FO2. The molecule has 0 saturated heterocycles. The summed E-state index contributed by atoms with van der Waals surface area (Å²) in [6, 6.07) is 0. The topological polar surface area (TPSA) is 37.3 Å². The zero-order valence-electron chi connectivity index (χ0n) is 9.74. The van der Waals surface area contributed by atoms with Crippen molar-refractivity contribution in [2.24, 2.45) is 23.7 Å². The molecule has 2 nitrogen and oxygen atoms in total. The number of rotatable bonds is 3. The van der Waals surface area contributed by atoms with E-state index in [1.165, 1.54) is 0 Å². The lowest BCUT2D eigenvalue weighted by molar-refractivity contribution is -0.147. The van der Waals surface area contributed by atoms with E-state index in [4.69, 9.17) is 5.11 Å². The van der Waals surface area contributed by atoms with Gasteiger partial charge in [-0.15, -0.1) is 0 Å². The van der Waals surface area contributed by atoms with Crippen LogP contribution >= 0.6 is 0 Å². The van der Waals surface area contributed by atoms with E-state index in [0.29, 0.717) is 11.8 Å². The third-order valence-electron chi connectivity index (χ3n) is 3.69. The molecule has 0 bridgehead atoms. The largest absolute Gasteiger partial charge is 0.479 e. The molecule has 0 spiro atoms. The number of carboxylic acids is 1. The standard InChI is InChI=1S/C12H21FO2/c1-7(2)9-5-4-8(3)6-10(9)11(13)12(14)15/h7-11H,4-6H2,1-3H3,(H,14,15). The molecule has 4 atom stereocenters. The third-order valence-corrected chi connectivity index (χ3v) is 3.69. The fourth-order valence-corrected chi connectivity index (χ4v) is 2.80. The average Bonchev–Trinajstić information content (AvgIpc) is 2.15. The van der Waals surface area contributed by atoms with Gasteiger partial charge in [-0.3, -0.25) is 0 Å². The van der Waals surface area contributed by atoms with Crippen LogP contribution in [0.4, 0.5) is 4.39 Å². The van der Waals surface area contributed by atoms with E-state index >= 15 is 0 Å². The Morgan fingerprint density at radius 2 is 1.93 bits per heavy atom. The van der Waals surface area contributed by atoms with E-state index < -0.39 is 12.1 Å². The first kappa shape index (κ1) is 12.5. The van der Waals surface area contributed by atoms with Gasteiger partial charge in [0.15, 0.2) is 6.17 Å². The van der Waals surface area contributed by atoms with E-state index in [1.54, 1.807) is 0 Å². The summed E-state index contributed by atoms with van der Waals surface area (Å²) in [6.45, 7) is 6.20. The van der Waals surface area contributed by atoms with Gasteiger partial charge in [0.1, 0.15) is 0 Å². The van der Waals surface area contributed by atoms with Crippen LogP contribution in [0.1, 0.15) is 40.0 Å². The quantitative estimate of drug-likeness (QED) is 0.787. The van der Waals surface area contributed by atoms with E-state index in [0.717, 1.165) is 19.3 Å².